The molecule has 0 bridgehead atoms. The molecule has 31 heavy (non-hydrogen) atoms. The van der Waals surface area contributed by atoms with Crippen LogP contribution in [0.3, 0.4) is 0 Å². The van der Waals surface area contributed by atoms with Crippen LogP contribution in [-0.4, -0.2) is 39.9 Å². The molecule has 0 unspecified atom stereocenters. The number of phenolic OH excluding ortho intramolecular Hbond substituents is 1. The quantitative estimate of drug-likeness (QED) is 0.567. The molecule has 0 radical (unpaired) electrons. The van der Waals surface area contributed by atoms with Gasteiger partial charge in [0.05, 0.1) is 11.2 Å². The lowest BCUT2D eigenvalue weighted by Gasteiger charge is -2.22. The predicted octanol–water partition coefficient (Wildman–Crippen LogP) is 3.13. The Morgan fingerprint density at radius 3 is 2.52 bits per heavy atom. The van der Waals surface area contributed by atoms with Crippen LogP contribution in [0.1, 0.15) is 23.7 Å². The van der Waals surface area contributed by atoms with Gasteiger partial charge >= 0.3 is 5.97 Å². The van der Waals surface area contributed by atoms with Gasteiger partial charge in [-0.3, -0.25) is 4.79 Å². The predicted molar refractivity (Wildman–Crippen MR) is 119 cm³/mol. The highest BCUT2D eigenvalue weighted by atomic mass is 35.5. The Morgan fingerprint density at radius 1 is 1.26 bits per heavy atom. The average Bonchev–Trinajstić information content (AvgIpc) is 3.19. The summed E-state index contributed by atoms with van der Waals surface area (Å²) in [4.78, 5) is 26.2. The summed E-state index contributed by atoms with van der Waals surface area (Å²) in [5, 5.41) is 19.0. The number of hydrogen-bond donors (Lipinski definition) is 3. The second-order valence-electron chi connectivity index (χ2n) is 7.74. The Bertz CT molecular complexity index is 1190. The summed E-state index contributed by atoms with van der Waals surface area (Å²) >= 11 is 0. The molecule has 1 aliphatic heterocycles. The van der Waals surface area contributed by atoms with Gasteiger partial charge in [0.1, 0.15) is 17.1 Å². The number of nitrogens with zero attached hydrogens (tertiary/aromatic N) is 2. The summed E-state index contributed by atoms with van der Waals surface area (Å²) in [5.74, 6) is -1.68. The van der Waals surface area contributed by atoms with Gasteiger partial charge in [-0.05, 0) is 55.7 Å². The van der Waals surface area contributed by atoms with Crippen molar-refractivity contribution >= 4 is 35.0 Å². The van der Waals surface area contributed by atoms with Crippen LogP contribution >= 0.6 is 12.4 Å². The molecule has 0 saturated carbocycles. The summed E-state index contributed by atoms with van der Waals surface area (Å²) in [7, 11) is 0. The molecule has 1 fully saturated rings. The number of benzene rings is 2. The number of phenols is 1. The Morgan fingerprint density at radius 2 is 1.94 bits per heavy atom. The number of aromatic carboxylic acids is 1. The van der Waals surface area contributed by atoms with Crippen LogP contribution in [0, 0.1) is 11.7 Å². The van der Waals surface area contributed by atoms with Gasteiger partial charge in [0.15, 0.2) is 0 Å². The molecule has 9 heteroatoms. The van der Waals surface area contributed by atoms with Crippen molar-refractivity contribution in [2.75, 3.05) is 18.0 Å². The first-order chi connectivity index (χ1) is 14.3. The van der Waals surface area contributed by atoms with E-state index in [0.717, 1.165) is 12.5 Å². The van der Waals surface area contributed by atoms with E-state index < -0.39 is 22.8 Å². The van der Waals surface area contributed by atoms with Crippen LogP contribution < -0.4 is 16.1 Å². The number of anilines is 1. The van der Waals surface area contributed by atoms with Crippen molar-refractivity contribution in [2.45, 2.75) is 19.4 Å². The van der Waals surface area contributed by atoms with Crippen LogP contribution in [-0.2, 0) is 0 Å². The summed E-state index contributed by atoms with van der Waals surface area (Å²) in [6, 6.07) is 8.78. The van der Waals surface area contributed by atoms with Crippen LogP contribution in [0.15, 0.2) is 47.4 Å². The lowest BCUT2D eigenvalue weighted by atomic mass is 10.0. The van der Waals surface area contributed by atoms with Gasteiger partial charge in [0.2, 0.25) is 5.43 Å². The van der Waals surface area contributed by atoms with Gasteiger partial charge in [-0.25, -0.2) is 9.18 Å². The molecule has 0 amide bonds. The maximum Gasteiger partial charge on any atom is 0.341 e. The van der Waals surface area contributed by atoms with E-state index >= 15 is 0 Å². The van der Waals surface area contributed by atoms with Crippen molar-refractivity contribution in [3.63, 3.8) is 0 Å². The minimum Gasteiger partial charge on any atom is -0.508 e. The van der Waals surface area contributed by atoms with Crippen molar-refractivity contribution in [3.8, 4) is 11.4 Å². The van der Waals surface area contributed by atoms with E-state index in [9.17, 15) is 24.2 Å². The Labute approximate surface area is 183 Å². The first-order valence-corrected chi connectivity index (χ1v) is 9.68. The summed E-state index contributed by atoms with van der Waals surface area (Å²) in [5.41, 5.74) is 6.07. The van der Waals surface area contributed by atoms with Crippen LogP contribution in [0.5, 0.6) is 5.75 Å². The number of fused-ring (bicyclic) bond motifs is 1. The molecule has 1 aromatic heterocycles. The van der Waals surface area contributed by atoms with Gasteiger partial charge in [-0.1, -0.05) is 0 Å². The van der Waals surface area contributed by atoms with Crippen molar-refractivity contribution in [2.24, 2.45) is 11.7 Å². The summed E-state index contributed by atoms with van der Waals surface area (Å²) in [6.07, 6.45) is 2.08. The van der Waals surface area contributed by atoms with Crippen LogP contribution in [0.4, 0.5) is 10.1 Å². The van der Waals surface area contributed by atoms with Crippen LogP contribution in [0.25, 0.3) is 16.6 Å². The Hall–Kier alpha value is -3.10. The Kier molecular flexibility index (Phi) is 6.24. The van der Waals surface area contributed by atoms with Gasteiger partial charge in [-0.15, -0.1) is 12.4 Å². The number of carboxylic acid groups (broad SMARTS) is 1. The van der Waals surface area contributed by atoms with E-state index in [0.29, 0.717) is 30.0 Å². The zero-order valence-electron chi connectivity index (χ0n) is 16.8. The van der Waals surface area contributed by atoms with E-state index in [4.69, 9.17) is 5.73 Å². The summed E-state index contributed by atoms with van der Waals surface area (Å²) < 4.78 is 16.5. The normalized spacial score (nSPS) is 16.9. The standard InChI is InChI=1S/C22H22FN3O4.ClH/c1-12(24)13-6-7-25(10-13)20-9-19-16(8-18(20)23)21(28)17(22(29)30)11-26(19)14-2-4-15(27)5-3-14;/h2-5,8-9,11-13,27H,6-7,10,24H2,1H3,(H,29,30);1H/t12-,13+;/m0./s1. The third kappa shape index (κ3) is 4.08. The largest absolute Gasteiger partial charge is 0.508 e. The highest BCUT2D eigenvalue weighted by molar-refractivity contribution is 5.94. The molecule has 4 rings (SSSR count). The lowest BCUT2D eigenvalue weighted by Crippen LogP contribution is -2.30. The fraction of sp³-hybridized carbons (Fsp3) is 0.273. The monoisotopic (exact) mass is 447 g/mol. The van der Waals surface area contributed by atoms with Crippen molar-refractivity contribution in [1.82, 2.24) is 4.57 Å². The fourth-order valence-electron chi connectivity index (χ4n) is 3.99. The SMILES string of the molecule is C[C@H](N)[C@@H]1CCN(c2cc3c(cc2F)c(=O)c(C(=O)O)cn3-c2ccc(O)cc2)C1.Cl. The van der Waals surface area contributed by atoms with E-state index in [-0.39, 0.29) is 35.5 Å². The highest BCUT2D eigenvalue weighted by Gasteiger charge is 2.28. The first-order valence-electron chi connectivity index (χ1n) is 9.68. The second kappa shape index (κ2) is 8.56. The average molecular weight is 448 g/mol. The molecule has 1 aliphatic rings. The van der Waals surface area contributed by atoms with E-state index in [1.165, 1.54) is 22.9 Å². The first kappa shape index (κ1) is 22.6. The lowest BCUT2D eigenvalue weighted by molar-refractivity contribution is 0.0695. The van der Waals surface area contributed by atoms with Gasteiger partial charge < -0.3 is 25.4 Å². The van der Waals surface area contributed by atoms with E-state index in [2.05, 4.69) is 0 Å². The number of rotatable bonds is 4. The fourth-order valence-corrected chi connectivity index (χ4v) is 3.99. The molecule has 7 nitrogen and oxygen atoms in total. The van der Waals surface area contributed by atoms with Crippen molar-refractivity contribution in [1.29, 1.82) is 0 Å². The number of nitrogens with two attached hydrogens (primary N) is 1. The molecule has 0 aliphatic carbocycles. The number of carboxylic acids is 1. The van der Waals surface area contributed by atoms with Crippen molar-refractivity contribution in [3.05, 3.63) is 64.2 Å². The number of carbonyl (C=O) groups is 1. The summed E-state index contributed by atoms with van der Waals surface area (Å²) in [6.45, 7) is 3.18. The van der Waals surface area contributed by atoms with Gasteiger partial charge in [0, 0.05) is 36.4 Å². The minimum atomic E-state index is -1.39. The zero-order valence-corrected chi connectivity index (χ0v) is 17.6. The molecule has 2 heterocycles. The number of aromatic hydroxyl groups is 1. The molecular weight excluding hydrogens is 425 g/mol. The molecule has 164 valence electrons. The molecule has 2 aromatic carbocycles. The molecule has 0 spiro atoms. The number of aromatic nitrogens is 1. The molecule has 4 N–H and O–H groups in total. The van der Waals surface area contributed by atoms with E-state index in [1.807, 2.05) is 11.8 Å². The minimum absolute atomic E-state index is 0. The molecule has 1 saturated heterocycles. The van der Waals surface area contributed by atoms with E-state index in [1.54, 1.807) is 18.2 Å². The number of hydrogen-bond acceptors (Lipinski definition) is 5. The number of halogens is 2. The Balaban J connectivity index is 0.00000272. The van der Waals surface area contributed by atoms with Crippen molar-refractivity contribution < 1.29 is 19.4 Å². The van der Waals surface area contributed by atoms with Crippen LogP contribution in [0.2, 0.25) is 0 Å². The van der Waals surface area contributed by atoms with Gasteiger partial charge in [-0.2, -0.15) is 0 Å². The van der Waals surface area contributed by atoms with Gasteiger partial charge in [0.25, 0.3) is 0 Å². The maximum absolute atomic E-state index is 15.0. The molecule has 2 atom stereocenters. The number of pyridine rings is 1. The maximum atomic E-state index is 15.0. The molecule has 3 aromatic rings. The topological polar surface area (TPSA) is 109 Å². The second-order valence-corrected chi connectivity index (χ2v) is 7.74. The smallest absolute Gasteiger partial charge is 0.341 e. The highest BCUT2D eigenvalue weighted by Crippen LogP contribution is 2.31. The molecular formula is C22H23ClFN3O4. The zero-order chi connectivity index (χ0) is 21.6. The third-order valence-corrected chi connectivity index (χ3v) is 5.74. The third-order valence-electron chi connectivity index (χ3n) is 5.74.